The van der Waals surface area contributed by atoms with E-state index in [0.717, 1.165) is 29.5 Å². The summed E-state index contributed by atoms with van der Waals surface area (Å²) in [7, 11) is -3.47. The predicted octanol–water partition coefficient (Wildman–Crippen LogP) is 3.53. The summed E-state index contributed by atoms with van der Waals surface area (Å²) in [5, 5.41) is 2.90. The van der Waals surface area contributed by atoms with Crippen molar-refractivity contribution in [3.8, 4) is 0 Å². The smallest absolute Gasteiger partial charge is 0.243 e. The fourth-order valence-corrected chi connectivity index (χ4v) is 6.02. The third-order valence-corrected chi connectivity index (χ3v) is 8.72. The molecule has 2 amide bonds. The first kappa shape index (κ1) is 27.5. The van der Waals surface area contributed by atoms with E-state index in [2.05, 4.69) is 10.3 Å². The summed E-state index contributed by atoms with van der Waals surface area (Å²) in [6.07, 6.45) is 5.79. The van der Waals surface area contributed by atoms with Gasteiger partial charge in [0.2, 0.25) is 21.8 Å². The Morgan fingerprint density at radius 1 is 0.947 bits per heavy atom. The standard InChI is InChI=1S/C29H34N4O4S/c1-23(29(35)31-21-26-10-7-17-30-20-26)33(22-25-8-3-2-4-9-25)28(34)16-13-24-11-14-27(15-12-24)38(36,37)32-18-5-6-19-32/h2-4,7-12,14-15,17,20,23H,5-6,13,16,18-19,21-22H2,1H3,(H,31,35)/t23-/m1/s1. The van der Waals surface area contributed by atoms with Crippen molar-refractivity contribution in [3.63, 3.8) is 0 Å². The predicted molar refractivity (Wildman–Crippen MR) is 145 cm³/mol. The van der Waals surface area contributed by atoms with Gasteiger partial charge in [-0.1, -0.05) is 48.5 Å². The van der Waals surface area contributed by atoms with Gasteiger partial charge in [-0.15, -0.1) is 0 Å². The van der Waals surface area contributed by atoms with Crippen molar-refractivity contribution >= 4 is 21.8 Å². The van der Waals surface area contributed by atoms with E-state index >= 15 is 0 Å². The molecule has 1 saturated heterocycles. The Labute approximate surface area is 224 Å². The number of sulfonamides is 1. The van der Waals surface area contributed by atoms with Crippen molar-refractivity contribution in [2.24, 2.45) is 0 Å². The molecule has 1 aliphatic heterocycles. The van der Waals surface area contributed by atoms with Gasteiger partial charge in [-0.05, 0) is 61.1 Å². The molecule has 0 spiro atoms. The summed E-state index contributed by atoms with van der Waals surface area (Å²) in [6.45, 7) is 3.50. The lowest BCUT2D eigenvalue weighted by atomic mass is 10.1. The highest BCUT2D eigenvalue weighted by Crippen LogP contribution is 2.22. The van der Waals surface area contributed by atoms with Crippen LogP contribution in [-0.4, -0.2) is 53.6 Å². The highest BCUT2D eigenvalue weighted by Gasteiger charge is 2.28. The molecular formula is C29H34N4O4S. The number of carbonyl (C=O) groups excluding carboxylic acids is 2. The van der Waals surface area contributed by atoms with Crippen LogP contribution in [0.4, 0.5) is 0 Å². The molecule has 0 bridgehead atoms. The third kappa shape index (κ3) is 7.05. The zero-order valence-electron chi connectivity index (χ0n) is 21.6. The van der Waals surface area contributed by atoms with Gasteiger partial charge in [0, 0.05) is 45.0 Å². The fourth-order valence-electron chi connectivity index (χ4n) is 4.50. The van der Waals surface area contributed by atoms with E-state index in [1.54, 1.807) is 48.5 Å². The van der Waals surface area contributed by atoms with Crippen molar-refractivity contribution in [1.82, 2.24) is 19.5 Å². The summed E-state index contributed by atoms with van der Waals surface area (Å²) in [6, 6.07) is 19.4. The molecule has 3 aromatic rings. The van der Waals surface area contributed by atoms with E-state index < -0.39 is 16.1 Å². The van der Waals surface area contributed by atoms with Crippen LogP contribution in [0.2, 0.25) is 0 Å². The SMILES string of the molecule is C[C@H](C(=O)NCc1cccnc1)N(Cc1ccccc1)C(=O)CCc1ccc(S(=O)(=O)N2CCCC2)cc1. The molecule has 1 atom stereocenters. The van der Waals surface area contributed by atoms with Crippen molar-refractivity contribution in [1.29, 1.82) is 0 Å². The largest absolute Gasteiger partial charge is 0.350 e. The van der Waals surface area contributed by atoms with Crippen LogP contribution in [0.5, 0.6) is 0 Å². The van der Waals surface area contributed by atoms with E-state index in [1.165, 1.54) is 4.31 Å². The molecule has 200 valence electrons. The molecule has 2 aromatic carbocycles. The number of rotatable bonds is 11. The lowest BCUT2D eigenvalue weighted by molar-refractivity contribution is -0.140. The van der Waals surface area contributed by atoms with Crippen molar-refractivity contribution in [2.45, 2.75) is 56.6 Å². The first-order valence-electron chi connectivity index (χ1n) is 12.9. The van der Waals surface area contributed by atoms with Crippen LogP contribution in [0.25, 0.3) is 0 Å². The number of hydrogen-bond acceptors (Lipinski definition) is 5. The third-order valence-electron chi connectivity index (χ3n) is 6.81. The molecule has 0 radical (unpaired) electrons. The Balaban J connectivity index is 1.40. The first-order valence-corrected chi connectivity index (χ1v) is 14.4. The Hall–Kier alpha value is -3.56. The van der Waals surface area contributed by atoms with Gasteiger partial charge in [-0.2, -0.15) is 4.31 Å². The number of carbonyl (C=O) groups is 2. The minimum Gasteiger partial charge on any atom is -0.350 e. The highest BCUT2D eigenvalue weighted by atomic mass is 32.2. The van der Waals surface area contributed by atoms with Crippen molar-refractivity contribution < 1.29 is 18.0 Å². The molecule has 1 aliphatic rings. The van der Waals surface area contributed by atoms with Crippen LogP contribution in [0.1, 0.15) is 42.9 Å². The van der Waals surface area contributed by atoms with Crippen LogP contribution < -0.4 is 5.32 Å². The fraction of sp³-hybridized carbons (Fsp3) is 0.345. The zero-order valence-corrected chi connectivity index (χ0v) is 22.4. The molecule has 4 rings (SSSR count). The lowest BCUT2D eigenvalue weighted by Crippen LogP contribution is -2.47. The van der Waals surface area contributed by atoms with Gasteiger partial charge in [0.15, 0.2) is 0 Å². The Morgan fingerprint density at radius 2 is 1.63 bits per heavy atom. The number of aromatic nitrogens is 1. The van der Waals surface area contributed by atoms with E-state index in [0.29, 0.717) is 32.6 Å². The average molecular weight is 535 g/mol. The van der Waals surface area contributed by atoms with E-state index in [-0.39, 0.29) is 23.1 Å². The van der Waals surface area contributed by atoms with Gasteiger partial charge in [0.05, 0.1) is 4.90 Å². The summed E-state index contributed by atoms with van der Waals surface area (Å²) >= 11 is 0. The van der Waals surface area contributed by atoms with Crippen LogP contribution in [0.3, 0.4) is 0 Å². The van der Waals surface area contributed by atoms with Crippen LogP contribution in [-0.2, 0) is 39.1 Å². The molecule has 9 heteroatoms. The van der Waals surface area contributed by atoms with Gasteiger partial charge in [0.1, 0.15) is 6.04 Å². The Kier molecular flexibility index (Phi) is 9.25. The summed E-state index contributed by atoms with van der Waals surface area (Å²) in [5.74, 6) is -0.388. The molecule has 8 nitrogen and oxygen atoms in total. The molecule has 1 N–H and O–H groups in total. The molecule has 2 heterocycles. The monoisotopic (exact) mass is 534 g/mol. The number of nitrogens with zero attached hydrogens (tertiary/aromatic N) is 3. The average Bonchev–Trinajstić information content (AvgIpc) is 3.51. The van der Waals surface area contributed by atoms with Crippen molar-refractivity contribution in [2.75, 3.05) is 13.1 Å². The minimum absolute atomic E-state index is 0.147. The van der Waals surface area contributed by atoms with Gasteiger partial charge in [-0.25, -0.2) is 8.42 Å². The van der Waals surface area contributed by atoms with Crippen molar-refractivity contribution in [3.05, 3.63) is 95.8 Å². The maximum atomic E-state index is 13.4. The van der Waals surface area contributed by atoms with Gasteiger partial charge in [0.25, 0.3) is 0 Å². The van der Waals surface area contributed by atoms with E-state index in [1.807, 2.05) is 42.5 Å². The lowest BCUT2D eigenvalue weighted by Gasteiger charge is -2.29. The summed E-state index contributed by atoms with van der Waals surface area (Å²) in [4.78, 5) is 32.3. The molecular weight excluding hydrogens is 500 g/mol. The van der Waals surface area contributed by atoms with Crippen LogP contribution in [0.15, 0.2) is 84.0 Å². The molecule has 0 saturated carbocycles. The quantitative estimate of drug-likeness (QED) is 0.406. The van der Waals surface area contributed by atoms with Gasteiger partial charge < -0.3 is 10.2 Å². The van der Waals surface area contributed by atoms with Gasteiger partial charge >= 0.3 is 0 Å². The highest BCUT2D eigenvalue weighted by molar-refractivity contribution is 7.89. The molecule has 1 fully saturated rings. The summed E-state index contributed by atoms with van der Waals surface area (Å²) < 4.78 is 27.1. The topological polar surface area (TPSA) is 99.7 Å². The second-order valence-corrected chi connectivity index (χ2v) is 11.5. The maximum Gasteiger partial charge on any atom is 0.243 e. The number of benzene rings is 2. The number of pyridine rings is 1. The molecule has 38 heavy (non-hydrogen) atoms. The maximum absolute atomic E-state index is 13.4. The normalized spacial score (nSPS) is 14.7. The second-order valence-electron chi connectivity index (χ2n) is 9.52. The second kappa shape index (κ2) is 12.8. The Morgan fingerprint density at radius 3 is 2.29 bits per heavy atom. The first-order chi connectivity index (χ1) is 18.3. The van der Waals surface area contributed by atoms with Crippen LogP contribution >= 0.6 is 0 Å². The number of nitrogens with one attached hydrogen (secondary N) is 1. The van der Waals surface area contributed by atoms with Crippen LogP contribution in [0, 0.1) is 0 Å². The number of hydrogen-bond donors (Lipinski definition) is 1. The van der Waals surface area contributed by atoms with E-state index in [4.69, 9.17) is 0 Å². The molecule has 0 unspecified atom stereocenters. The zero-order chi connectivity index (χ0) is 27.0. The van der Waals surface area contributed by atoms with E-state index in [9.17, 15) is 18.0 Å². The molecule has 1 aromatic heterocycles. The van der Waals surface area contributed by atoms with Gasteiger partial charge in [-0.3, -0.25) is 14.6 Å². The number of amides is 2. The minimum atomic E-state index is -3.47. The number of aryl methyl sites for hydroxylation is 1. The molecule has 0 aliphatic carbocycles. The Bertz CT molecular complexity index is 1310. The summed E-state index contributed by atoms with van der Waals surface area (Å²) in [5.41, 5.74) is 2.68.